The first-order chi connectivity index (χ1) is 17.3. The molecular formula is C33H63NO. The Hall–Kier alpha value is -0.0800. The average Bonchev–Trinajstić information content (AvgIpc) is 3.02. The lowest BCUT2D eigenvalue weighted by Gasteiger charge is -2.59. The van der Waals surface area contributed by atoms with E-state index in [1.54, 1.807) is 0 Å². The molecule has 3 fully saturated rings. The number of nitrogens with zero attached hydrogens (tertiary/aromatic N) is 1. The number of hydroxylamine groups is 3. The van der Waals surface area contributed by atoms with Crippen molar-refractivity contribution in [1.82, 2.24) is 0 Å². The van der Waals surface area contributed by atoms with Crippen LogP contribution >= 0.6 is 0 Å². The van der Waals surface area contributed by atoms with E-state index in [1.807, 2.05) is 0 Å². The Morgan fingerprint density at radius 3 is 0.571 bits per heavy atom. The van der Waals surface area contributed by atoms with Crippen molar-refractivity contribution in [1.29, 1.82) is 0 Å². The molecule has 0 amide bonds. The molecule has 0 aromatic carbocycles. The first-order valence-corrected chi connectivity index (χ1v) is 16.9. The van der Waals surface area contributed by atoms with Gasteiger partial charge in [0.25, 0.3) is 0 Å². The zero-order valence-corrected chi connectivity index (χ0v) is 23.8. The number of rotatable bonds is 3. The molecule has 3 saturated carbocycles. The zero-order chi connectivity index (χ0) is 24.4. The molecule has 0 N–H and O–H groups in total. The quantitative estimate of drug-likeness (QED) is 0.285. The first kappa shape index (κ1) is 29.5. The van der Waals surface area contributed by atoms with Crippen molar-refractivity contribution < 1.29 is 4.65 Å². The van der Waals surface area contributed by atoms with E-state index in [4.69, 9.17) is 0 Å². The van der Waals surface area contributed by atoms with Crippen molar-refractivity contribution in [3.63, 3.8) is 0 Å². The van der Waals surface area contributed by atoms with Crippen LogP contribution in [0.2, 0.25) is 0 Å². The van der Waals surface area contributed by atoms with E-state index in [0.29, 0.717) is 18.1 Å². The average molecular weight is 490 g/mol. The fourth-order valence-electron chi connectivity index (χ4n) is 8.00. The summed E-state index contributed by atoms with van der Waals surface area (Å²) < 4.78 is 0.250. The third-order valence-electron chi connectivity index (χ3n) is 10.2. The largest absolute Gasteiger partial charge is 0.632 e. The van der Waals surface area contributed by atoms with Gasteiger partial charge in [0.15, 0.2) is 0 Å². The Morgan fingerprint density at radius 1 is 0.257 bits per heavy atom. The Labute approximate surface area is 220 Å². The maximum Gasteiger partial charge on any atom is 0.0891 e. The molecule has 0 atom stereocenters. The Morgan fingerprint density at radius 2 is 0.400 bits per heavy atom. The molecule has 0 bridgehead atoms. The summed E-state index contributed by atoms with van der Waals surface area (Å²) in [5.41, 5.74) is 0. The van der Waals surface area contributed by atoms with Crippen molar-refractivity contribution in [3.8, 4) is 0 Å². The molecule has 0 aromatic heterocycles. The summed E-state index contributed by atoms with van der Waals surface area (Å²) in [6.45, 7) is 0. The second-order valence-corrected chi connectivity index (χ2v) is 12.9. The number of hydrogen-bond donors (Lipinski definition) is 0. The molecular weight excluding hydrogens is 426 g/mol. The summed E-state index contributed by atoms with van der Waals surface area (Å²) in [5.74, 6) is 0. The van der Waals surface area contributed by atoms with Crippen molar-refractivity contribution in [2.24, 2.45) is 0 Å². The fourth-order valence-corrected chi connectivity index (χ4v) is 8.00. The number of quaternary nitrogens is 1. The van der Waals surface area contributed by atoms with E-state index in [9.17, 15) is 0 Å². The third-order valence-corrected chi connectivity index (χ3v) is 10.2. The van der Waals surface area contributed by atoms with E-state index in [1.165, 1.54) is 193 Å². The molecule has 0 aromatic rings. The zero-order valence-electron chi connectivity index (χ0n) is 23.8. The van der Waals surface area contributed by atoms with Crippen LogP contribution in [0, 0.1) is 5.21 Å². The molecule has 3 rings (SSSR count). The van der Waals surface area contributed by atoms with Crippen LogP contribution in [0.1, 0.15) is 193 Å². The molecule has 35 heavy (non-hydrogen) atoms. The minimum absolute atomic E-state index is 0.250. The Balaban J connectivity index is 1.84. The maximum atomic E-state index is 15.8. The molecule has 2 nitrogen and oxygen atoms in total. The fraction of sp³-hybridized carbons (Fsp3) is 1.00. The van der Waals surface area contributed by atoms with Gasteiger partial charge in [-0.1, -0.05) is 116 Å². The summed E-state index contributed by atoms with van der Waals surface area (Å²) >= 11 is 0. The summed E-state index contributed by atoms with van der Waals surface area (Å²) in [5, 5.41) is 15.8. The van der Waals surface area contributed by atoms with Gasteiger partial charge in [0.2, 0.25) is 0 Å². The van der Waals surface area contributed by atoms with Crippen LogP contribution in [-0.4, -0.2) is 22.8 Å². The minimum Gasteiger partial charge on any atom is -0.632 e. The van der Waals surface area contributed by atoms with Crippen molar-refractivity contribution in [3.05, 3.63) is 5.21 Å². The Bertz CT molecular complexity index is 400. The lowest BCUT2D eigenvalue weighted by Crippen LogP contribution is -2.63. The van der Waals surface area contributed by atoms with Gasteiger partial charge in [-0.05, 0) is 77.0 Å². The molecule has 0 unspecified atom stereocenters. The van der Waals surface area contributed by atoms with Crippen LogP contribution in [-0.2, 0) is 0 Å². The van der Waals surface area contributed by atoms with Crippen LogP contribution in [0.3, 0.4) is 0 Å². The molecule has 0 spiro atoms. The summed E-state index contributed by atoms with van der Waals surface area (Å²) in [6.07, 6.45) is 40.3. The van der Waals surface area contributed by atoms with Gasteiger partial charge in [-0.3, -0.25) is 0 Å². The normalized spacial score (nSPS) is 26.7. The lowest BCUT2D eigenvalue weighted by atomic mass is 9.88. The molecule has 2 heteroatoms. The van der Waals surface area contributed by atoms with Crippen LogP contribution in [0.25, 0.3) is 0 Å². The minimum atomic E-state index is 0.250. The molecule has 0 heterocycles. The van der Waals surface area contributed by atoms with Gasteiger partial charge in [-0.2, -0.15) is 0 Å². The number of hydrogen-bond acceptors (Lipinski definition) is 1. The van der Waals surface area contributed by atoms with E-state index in [0.717, 1.165) is 0 Å². The highest BCUT2D eigenvalue weighted by molar-refractivity contribution is 4.77. The van der Waals surface area contributed by atoms with Crippen molar-refractivity contribution >= 4 is 0 Å². The lowest BCUT2D eigenvalue weighted by molar-refractivity contribution is -0.954. The van der Waals surface area contributed by atoms with Gasteiger partial charge in [0.05, 0.1) is 18.1 Å². The highest BCUT2D eigenvalue weighted by Gasteiger charge is 2.41. The monoisotopic (exact) mass is 489 g/mol. The van der Waals surface area contributed by atoms with E-state index >= 15 is 5.21 Å². The van der Waals surface area contributed by atoms with Crippen LogP contribution in [0.4, 0.5) is 0 Å². The van der Waals surface area contributed by atoms with Gasteiger partial charge in [-0.25, -0.2) is 0 Å². The Kier molecular flexibility index (Phi) is 15.3. The van der Waals surface area contributed by atoms with E-state index in [2.05, 4.69) is 0 Å². The van der Waals surface area contributed by atoms with Gasteiger partial charge in [0, 0.05) is 0 Å². The van der Waals surface area contributed by atoms with Crippen LogP contribution < -0.4 is 0 Å². The van der Waals surface area contributed by atoms with Gasteiger partial charge >= 0.3 is 0 Å². The van der Waals surface area contributed by atoms with Crippen LogP contribution in [0.15, 0.2) is 0 Å². The van der Waals surface area contributed by atoms with Gasteiger partial charge in [0.1, 0.15) is 0 Å². The summed E-state index contributed by atoms with van der Waals surface area (Å²) in [7, 11) is 0. The van der Waals surface area contributed by atoms with Crippen LogP contribution in [0.5, 0.6) is 0 Å². The molecule has 0 aliphatic heterocycles. The molecule has 206 valence electrons. The molecule has 3 aliphatic carbocycles. The van der Waals surface area contributed by atoms with E-state index in [-0.39, 0.29) is 4.65 Å². The highest BCUT2D eigenvalue weighted by Crippen LogP contribution is 2.39. The second-order valence-electron chi connectivity index (χ2n) is 12.9. The summed E-state index contributed by atoms with van der Waals surface area (Å²) in [6, 6.07) is 1.16. The smallest absolute Gasteiger partial charge is 0.0891 e. The first-order valence-electron chi connectivity index (χ1n) is 16.9. The summed E-state index contributed by atoms with van der Waals surface area (Å²) in [4.78, 5) is 0. The highest BCUT2D eigenvalue weighted by atomic mass is 16.6. The third kappa shape index (κ3) is 10.7. The van der Waals surface area contributed by atoms with Gasteiger partial charge < -0.3 is 9.85 Å². The van der Waals surface area contributed by atoms with Crippen molar-refractivity contribution in [2.45, 2.75) is 211 Å². The predicted octanol–water partition coefficient (Wildman–Crippen LogP) is 11.2. The topological polar surface area (TPSA) is 23.1 Å². The molecule has 3 aliphatic rings. The second kappa shape index (κ2) is 18.2. The van der Waals surface area contributed by atoms with Gasteiger partial charge in [-0.15, -0.1) is 0 Å². The molecule has 0 radical (unpaired) electrons. The standard InChI is InChI=1S/C33H63NO/c35-34(31-25-19-13-7-1-2-8-14-20-26-31,32-27-21-15-9-3-4-10-16-22-28-32)33-29-23-17-11-5-6-12-18-24-30-33/h31-33H,1-30H2. The van der Waals surface area contributed by atoms with E-state index < -0.39 is 0 Å². The molecule has 0 saturated heterocycles. The predicted molar refractivity (Wildman–Crippen MR) is 154 cm³/mol. The SMILES string of the molecule is [O-][N+](C1CCCCCCCCCC1)(C1CCCCCCCCCC1)C1CCCCCCCCCC1. The maximum absolute atomic E-state index is 15.8. The van der Waals surface area contributed by atoms with Crippen molar-refractivity contribution in [2.75, 3.05) is 0 Å².